The van der Waals surface area contributed by atoms with Gasteiger partial charge in [0, 0.05) is 18.5 Å². The Balaban J connectivity index is 3.50. The van der Waals surface area contributed by atoms with Gasteiger partial charge in [0.2, 0.25) is 0 Å². The number of nitrogens with one attached hydrogen (secondary N) is 1. The molecule has 0 aromatic carbocycles. The van der Waals surface area contributed by atoms with Gasteiger partial charge in [0.1, 0.15) is 0 Å². The van der Waals surface area contributed by atoms with E-state index in [-0.39, 0.29) is 12.5 Å². The molecule has 0 aliphatic rings. The molecular weight excluding hydrogens is 232 g/mol. The number of alkyl halides is 1. The predicted molar refractivity (Wildman–Crippen MR) is 62.8 cm³/mol. The zero-order chi connectivity index (χ0) is 12.3. The van der Waals surface area contributed by atoms with Gasteiger partial charge in [-0.3, -0.25) is 14.3 Å². The van der Waals surface area contributed by atoms with Crippen molar-refractivity contribution in [3.8, 4) is 0 Å². The molecule has 1 rings (SSSR count). The van der Waals surface area contributed by atoms with Crippen LogP contribution in [-0.2, 0) is 7.05 Å². The molecule has 0 radical (unpaired) electrons. The van der Waals surface area contributed by atoms with E-state index < -0.39 is 11.2 Å². The summed E-state index contributed by atoms with van der Waals surface area (Å²) >= 11 is 5.60. The highest BCUT2D eigenvalue weighted by Gasteiger charge is 2.07. The number of hydrogen-bond acceptors (Lipinski definition) is 3. The molecule has 1 aromatic rings. The lowest BCUT2D eigenvalue weighted by Crippen LogP contribution is -2.31. The molecule has 88 valence electrons. The van der Waals surface area contributed by atoms with E-state index in [0.29, 0.717) is 16.8 Å². The van der Waals surface area contributed by atoms with Crippen molar-refractivity contribution in [1.29, 1.82) is 0 Å². The van der Waals surface area contributed by atoms with Crippen LogP contribution in [-0.4, -0.2) is 27.1 Å². The summed E-state index contributed by atoms with van der Waals surface area (Å²) < 4.78 is 1.30. The molecule has 0 aliphatic heterocycles. The lowest BCUT2D eigenvalue weighted by Gasteiger charge is -2.07. The standard InChI is InChI=1S/C10H13ClN2O3/c1-6-8(3-7(4-11)5-14)13(2)10(16)12-9(6)15/h3,14H,4-5H2,1-2H3,(H,12,15,16)/b7-3+. The minimum absolute atomic E-state index is 0.150. The third-order valence-electron chi connectivity index (χ3n) is 2.33. The first kappa shape index (κ1) is 12.7. The van der Waals surface area contributed by atoms with Gasteiger partial charge in [-0.05, 0) is 18.6 Å². The summed E-state index contributed by atoms with van der Waals surface area (Å²) in [5.74, 6) is 0.150. The third-order valence-corrected chi connectivity index (χ3v) is 2.67. The molecule has 1 heterocycles. The molecule has 0 atom stereocenters. The summed E-state index contributed by atoms with van der Waals surface area (Å²) in [6.45, 7) is 1.40. The van der Waals surface area contributed by atoms with Gasteiger partial charge in [0.15, 0.2) is 0 Å². The summed E-state index contributed by atoms with van der Waals surface area (Å²) in [4.78, 5) is 24.9. The van der Waals surface area contributed by atoms with E-state index >= 15 is 0 Å². The number of rotatable bonds is 3. The van der Waals surface area contributed by atoms with Crippen LogP contribution in [0.5, 0.6) is 0 Å². The highest BCUT2D eigenvalue weighted by atomic mass is 35.5. The summed E-state index contributed by atoms with van der Waals surface area (Å²) in [6.07, 6.45) is 1.55. The monoisotopic (exact) mass is 244 g/mol. The van der Waals surface area contributed by atoms with E-state index in [1.165, 1.54) is 4.57 Å². The van der Waals surface area contributed by atoms with Gasteiger partial charge in [0.05, 0.1) is 12.3 Å². The van der Waals surface area contributed by atoms with Crippen molar-refractivity contribution in [3.63, 3.8) is 0 Å². The van der Waals surface area contributed by atoms with E-state index in [2.05, 4.69) is 4.98 Å². The molecule has 0 amide bonds. The fraction of sp³-hybridized carbons (Fsp3) is 0.400. The molecular formula is C10H13ClN2O3. The van der Waals surface area contributed by atoms with E-state index in [4.69, 9.17) is 16.7 Å². The highest BCUT2D eigenvalue weighted by molar-refractivity contribution is 6.19. The minimum Gasteiger partial charge on any atom is -0.392 e. The van der Waals surface area contributed by atoms with Crippen molar-refractivity contribution in [2.45, 2.75) is 6.92 Å². The molecule has 0 spiro atoms. The Bertz CT molecular complexity index is 488. The lowest BCUT2D eigenvalue weighted by molar-refractivity contribution is 0.333. The second-order valence-electron chi connectivity index (χ2n) is 3.42. The maximum atomic E-state index is 11.4. The van der Waals surface area contributed by atoms with Crippen LogP contribution >= 0.6 is 11.6 Å². The van der Waals surface area contributed by atoms with Crippen molar-refractivity contribution < 1.29 is 5.11 Å². The van der Waals surface area contributed by atoms with Crippen LogP contribution in [0.15, 0.2) is 15.2 Å². The van der Waals surface area contributed by atoms with Crippen LogP contribution in [0.3, 0.4) is 0 Å². The Hall–Kier alpha value is -1.33. The Morgan fingerprint density at radius 2 is 2.19 bits per heavy atom. The fourth-order valence-electron chi connectivity index (χ4n) is 1.28. The number of hydrogen-bond donors (Lipinski definition) is 2. The quantitative estimate of drug-likeness (QED) is 0.735. The number of nitrogens with zero attached hydrogens (tertiary/aromatic N) is 1. The maximum absolute atomic E-state index is 11.4. The normalized spacial score (nSPS) is 11.9. The molecule has 1 aromatic heterocycles. The number of aliphatic hydroxyl groups excluding tert-OH is 1. The average molecular weight is 245 g/mol. The number of H-pyrrole nitrogens is 1. The SMILES string of the molecule is Cc1c(/C=C(/CO)CCl)n(C)c(=O)[nH]c1=O. The van der Waals surface area contributed by atoms with Crippen LogP contribution in [0.4, 0.5) is 0 Å². The first-order chi connectivity index (χ1) is 7.51. The second-order valence-corrected chi connectivity index (χ2v) is 3.69. The zero-order valence-corrected chi connectivity index (χ0v) is 9.84. The summed E-state index contributed by atoms with van der Waals surface area (Å²) in [6, 6.07) is 0. The number of aromatic amines is 1. The molecule has 0 fully saturated rings. The molecule has 0 unspecified atom stereocenters. The van der Waals surface area contributed by atoms with Gasteiger partial charge in [0.25, 0.3) is 5.56 Å². The number of aromatic nitrogens is 2. The Morgan fingerprint density at radius 3 is 2.69 bits per heavy atom. The smallest absolute Gasteiger partial charge is 0.328 e. The number of halogens is 1. The Morgan fingerprint density at radius 1 is 1.56 bits per heavy atom. The fourth-order valence-corrected chi connectivity index (χ4v) is 1.44. The van der Waals surface area contributed by atoms with Crippen LogP contribution in [0.2, 0.25) is 0 Å². The maximum Gasteiger partial charge on any atom is 0.328 e. The van der Waals surface area contributed by atoms with Crippen molar-refractivity contribution in [1.82, 2.24) is 9.55 Å². The molecule has 16 heavy (non-hydrogen) atoms. The largest absolute Gasteiger partial charge is 0.392 e. The van der Waals surface area contributed by atoms with Gasteiger partial charge in [-0.1, -0.05) is 0 Å². The van der Waals surface area contributed by atoms with Gasteiger partial charge < -0.3 is 5.11 Å². The summed E-state index contributed by atoms with van der Waals surface area (Å²) in [5, 5.41) is 8.98. The average Bonchev–Trinajstić information content (AvgIpc) is 2.27. The van der Waals surface area contributed by atoms with Crippen LogP contribution in [0.25, 0.3) is 6.08 Å². The zero-order valence-electron chi connectivity index (χ0n) is 9.08. The van der Waals surface area contributed by atoms with Gasteiger partial charge in [-0.25, -0.2) is 4.79 Å². The van der Waals surface area contributed by atoms with Crippen molar-refractivity contribution in [2.75, 3.05) is 12.5 Å². The Labute approximate surface area is 97.0 Å². The van der Waals surface area contributed by atoms with Crippen LogP contribution in [0.1, 0.15) is 11.3 Å². The molecule has 0 saturated heterocycles. The molecule has 0 saturated carbocycles. The van der Waals surface area contributed by atoms with Gasteiger partial charge >= 0.3 is 5.69 Å². The topological polar surface area (TPSA) is 75.1 Å². The molecule has 0 aliphatic carbocycles. The van der Waals surface area contributed by atoms with Crippen molar-refractivity contribution in [2.24, 2.45) is 7.05 Å². The second kappa shape index (κ2) is 5.14. The van der Waals surface area contributed by atoms with E-state index in [1.54, 1.807) is 20.0 Å². The number of aliphatic hydroxyl groups is 1. The minimum atomic E-state index is -0.492. The van der Waals surface area contributed by atoms with E-state index in [1.807, 2.05) is 0 Å². The molecule has 5 nitrogen and oxygen atoms in total. The van der Waals surface area contributed by atoms with Crippen molar-refractivity contribution in [3.05, 3.63) is 37.7 Å². The predicted octanol–water partition coefficient (Wildman–Crippen LogP) is -0.00348. The highest BCUT2D eigenvalue weighted by Crippen LogP contribution is 2.07. The molecule has 6 heteroatoms. The van der Waals surface area contributed by atoms with E-state index in [0.717, 1.165) is 0 Å². The van der Waals surface area contributed by atoms with Crippen LogP contribution < -0.4 is 11.2 Å². The molecule has 0 bridgehead atoms. The third kappa shape index (κ3) is 2.43. The summed E-state index contributed by atoms with van der Waals surface area (Å²) in [7, 11) is 1.54. The van der Waals surface area contributed by atoms with Crippen LogP contribution in [0, 0.1) is 6.92 Å². The van der Waals surface area contributed by atoms with Gasteiger partial charge in [-0.2, -0.15) is 0 Å². The molecule has 2 N–H and O–H groups in total. The van der Waals surface area contributed by atoms with Crippen molar-refractivity contribution >= 4 is 17.7 Å². The first-order valence-electron chi connectivity index (χ1n) is 4.67. The van der Waals surface area contributed by atoms with Gasteiger partial charge in [-0.15, -0.1) is 11.6 Å². The summed E-state index contributed by atoms with van der Waals surface area (Å²) in [5.41, 5.74) is 0.497. The lowest BCUT2D eigenvalue weighted by atomic mass is 10.2. The van der Waals surface area contributed by atoms with E-state index in [9.17, 15) is 9.59 Å². The Kier molecular flexibility index (Phi) is 4.09. The first-order valence-corrected chi connectivity index (χ1v) is 5.21.